The molecule has 2 atom stereocenters. The number of carbonyl (C=O) groups excluding carboxylic acids is 4. The van der Waals surface area contributed by atoms with Gasteiger partial charge in [0.05, 0.1) is 18.1 Å². The van der Waals surface area contributed by atoms with Crippen molar-refractivity contribution in [1.29, 1.82) is 0 Å². The van der Waals surface area contributed by atoms with Gasteiger partial charge in [-0.05, 0) is 17.4 Å². The third kappa shape index (κ3) is 6.40. The number of carbonyl (C=O) groups is 5. The fraction of sp³-hybridized carbons (Fsp3) is 0.286. The van der Waals surface area contributed by atoms with E-state index in [2.05, 4.69) is 16.0 Å². The van der Waals surface area contributed by atoms with Crippen LogP contribution in [0.4, 0.5) is 5.69 Å². The van der Waals surface area contributed by atoms with E-state index in [1.165, 1.54) is 0 Å². The minimum absolute atomic E-state index is 0.430. The number of fused-ring (bicyclic) bond motifs is 1. The van der Waals surface area contributed by atoms with Crippen LogP contribution in [0.15, 0.2) is 42.5 Å². The number of carboxylic acid groups (broad SMARTS) is 1. The Kier molecular flexibility index (Phi) is 7.90. The van der Waals surface area contributed by atoms with E-state index in [1.807, 2.05) is 18.2 Å². The van der Waals surface area contributed by atoms with Crippen LogP contribution in [0, 0.1) is 5.92 Å². The normalized spacial score (nSPS) is 12.6. The lowest BCUT2D eigenvalue weighted by Crippen LogP contribution is -2.55. The zero-order valence-corrected chi connectivity index (χ0v) is 17.0. The van der Waals surface area contributed by atoms with Gasteiger partial charge < -0.3 is 25.9 Å². The quantitative estimate of drug-likeness (QED) is 0.361. The molecule has 0 heterocycles. The molecule has 160 valence electrons. The molecule has 4 N–H and O–H groups in total. The van der Waals surface area contributed by atoms with E-state index in [0.29, 0.717) is 5.69 Å². The molecule has 3 amide bonds. The topological polar surface area (TPSA) is 142 Å². The van der Waals surface area contributed by atoms with Crippen LogP contribution < -0.4 is 16.0 Å². The second-order valence-corrected chi connectivity index (χ2v) is 7.24. The van der Waals surface area contributed by atoms with Crippen molar-refractivity contribution in [1.82, 2.24) is 10.6 Å². The molecule has 10 heteroatoms. The maximum atomic E-state index is 12.5. The third-order valence-electron chi connectivity index (χ3n) is 4.52. The zero-order valence-electron chi connectivity index (χ0n) is 17.0. The van der Waals surface area contributed by atoms with Crippen molar-refractivity contribution >= 4 is 53.7 Å². The van der Waals surface area contributed by atoms with Gasteiger partial charge in [0.25, 0.3) is 0 Å². The molecule has 0 aliphatic carbocycles. The second kappa shape index (κ2) is 10.4. The van der Waals surface area contributed by atoms with Gasteiger partial charge in [0, 0.05) is 11.1 Å². The lowest BCUT2D eigenvalue weighted by atomic mass is 9.92. The summed E-state index contributed by atoms with van der Waals surface area (Å²) in [5, 5.41) is 17.5. The Morgan fingerprint density at radius 3 is 2.19 bits per heavy atom. The second-order valence-electron chi connectivity index (χ2n) is 7.24. The average molecular weight is 423 g/mol. The predicted molar refractivity (Wildman–Crippen MR) is 114 cm³/mol. The van der Waals surface area contributed by atoms with E-state index in [1.54, 1.807) is 38.1 Å². The van der Waals surface area contributed by atoms with Crippen molar-refractivity contribution in [2.75, 3.05) is 5.32 Å². The minimum atomic E-state index is -1.45. The largest absolute Gasteiger partial charge is 0.481 e. The zero-order chi connectivity index (χ0) is 23.1. The smallest absolute Gasteiger partial charge is 0.313 e. The summed E-state index contributed by atoms with van der Waals surface area (Å²) in [6.07, 6.45) is -0.707. The van der Waals surface area contributed by atoms with E-state index in [0.717, 1.165) is 10.8 Å². The summed E-state index contributed by atoms with van der Waals surface area (Å²) in [5.41, 5.74) is -0.600. The molecule has 0 saturated carbocycles. The van der Waals surface area contributed by atoms with Gasteiger partial charge in [0.15, 0.2) is 7.85 Å². The van der Waals surface area contributed by atoms with Crippen molar-refractivity contribution in [3.8, 4) is 0 Å². The number of nitrogens with one attached hydrogen (secondary N) is 3. The van der Waals surface area contributed by atoms with Gasteiger partial charge in [-0.25, -0.2) is 0 Å². The lowest BCUT2D eigenvalue weighted by Gasteiger charge is -2.24. The molecule has 0 aliphatic heterocycles. The molecule has 0 spiro atoms. The highest BCUT2D eigenvalue weighted by molar-refractivity contribution is 6.59. The van der Waals surface area contributed by atoms with Crippen LogP contribution in [0.1, 0.15) is 20.3 Å². The molecule has 2 radical (unpaired) electrons. The molecule has 2 unspecified atom stereocenters. The van der Waals surface area contributed by atoms with Crippen LogP contribution in [0.5, 0.6) is 0 Å². The Labute approximate surface area is 180 Å². The summed E-state index contributed by atoms with van der Waals surface area (Å²) in [7, 11) is 5.12. The van der Waals surface area contributed by atoms with Crippen LogP contribution in [-0.2, 0) is 24.0 Å². The summed E-state index contributed by atoms with van der Waals surface area (Å²) in [5.74, 6) is -4.66. The van der Waals surface area contributed by atoms with Crippen LogP contribution in [-0.4, -0.2) is 54.4 Å². The van der Waals surface area contributed by atoms with Gasteiger partial charge >= 0.3 is 17.8 Å². The molecule has 2 rings (SSSR count). The monoisotopic (exact) mass is 423 g/mol. The molecule has 2 aromatic rings. The molecule has 0 saturated heterocycles. The molecular weight excluding hydrogens is 401 g/mol. The molecule has 2 aromatic carbocycles. The van der Waals surface area contributed by atoms with Crippen LogP contribution in [0.25, 0.3) is 10.8 Å². The van der Waals surface area contributed by atoms with E-state index >= 15 is 0 Å². The van der Waals surface area contributed by atoms with Gasteiger partial charge in [0.2, 0.25) is 5.91 Å². The number of carboxylic acids is 1. The summed E-state index contributed by atoms with van der Waals surface area (Å²) < 4.78 is 0. The Morgan fingerprint density at radius 2 is 1.58 bits per heavy atom. The van der Waals surface area contributed by atoms with Gasteiger partial charge in [-0.15, -0.1) is 0 Å². The Morgan fingerprint density at radius 1 is 0.935 bits per heavy atom. The first kappa shape index (κ1) is 23.6. The molecule has 31 heavy (non-hydrogen) atoms. The third-order valence-corrected chi connectivity index (χ3v) is 4.52. The van der Waals surface area contributed by atoms with E-state index in [4.69, 9.17) is 13.0 Å². The van der Waals surface area contributed by atoms with E-state index < -0.39 is 53.8 Å². The molecule has 0 fully saturated rings. The molecule has 0 aliphatic rings. The number of anilines is 1. The first-order valence-corrected chi connectivity index (χ1v) is 9.51. The number of aliphatic carboxylic acids is 1. The van der Waals surface area contributed by atoms with Gasteiger partial charge in [-0.3, -0.25) is 19.2 Å². The van der Waals surface area contributed by atoms with E-state index in [-0.39, 0.29) is 0 Å². The molecular formula is C21H22BN3O6. The maximum absolute atomic E-state index is 12.5. The molecule has 0 aromatic heterocycles. The Bertz CT molecular complexity index is 1020. The van der Waals surface area contributed by atoms with Crippen molar-refractivity contribution in [3.63, 3.8) is 0 Å². The van der Waals surface area contributed by atoms with Gasteiger partial charge in [-0.1, -0.05) is 50.2 Å². The van der Waals surface area contributed by atoms with Crippen LogP contribution >= 0.6 is 0 Å². The van der Waals surface area contributed by atoms with Crippen LogP contribution in [0.3, 0.4) is 0 Å². The van der Waals surface area contributed by atoms with Gasteiger partial charge in [-0.2, -0.15) is 0 Å². The summed E-state index contributed by atoms with van der Waals surface area (Å²) in [6.45, 7) is 3.23. The Balaban J connectivity index is 2.10. The van der Waals surface area contributed by atoms with Crippen molar-refractivity contribution in [2.45, 2.75) is 32.4 Å². The fourth-order valence-corrected chi connectivity index (χ4v) is 2.91. The number of amides is 3. The number of hydrogen-bond acceptors (Lipinski definition) is 5. The van der Waals surface area contributed by atoms with Crippen molar-refractivity contribution in [3.05, 3.63) is 42.5 Å². The number of benzene rings is 2. The van der Waals surface area contributed by atoms with Crippen molar-refractivity contribution in [2.24, 2.45) is 5.92 Å². The first-order valence-electron chi connectivity index (χ1n) is 9.51. The highest BCUT2D eigenvalue weighted by Crippen LogP contribution is 2.22. The van der Waals surface area contributed by atoms with E-state index in [9.17, 15) is 24.0 Å². The SMILES string of the molecule is [B]C(=O)C(CC(=O)O)NC(=O)C(NC(=O)C(=O)Nc1cccc2ccccc12)C(C)C. The van der Waals surface area contributed by atoms with Crippen molar-refractivity contribution < 1.29 is 29.1 Å². The summed E-state index contributed by atoms with van der Waals surface area (Å²) in [4.78, 5) is 59.6. The maximum Gasteiger partial charge on any atom is 0.313 e. The number of rotatable bonds is 8. The molecule has 9 nitrogen and oxygen atoms in total. The Hall–Kier alpha value is -3.69. The summed E-state index contributed by atoms with van der Waals surface area (Å²) >= 11 is 0. The van der Waals surface area contributed by atoms with Crippen LogP contribution in [0.2, 0.25) is 0 Å². The minimum Gasteiger partial charge on any atom is -0.481 e. The number of hydrogen-bond donors (Lipinski definition) is 4. The predicted octanol–water partition coefficient (Wildman–Crippen LogP) is 0.574. The fourth-order valence-electron chi connectivity index (χ4n) is 2.91. The van der Waals surface area contributed by atoms with Gasteiger partial charge in [0.1, 0.15) is 6.04 Å². The average Bonchev–Trinajstić information content (AvgIpc) is 2.70. The molecule has 0 bridgehead atoms. The standard InChI is InChI=1S/C21H22BN3O6/c1-11(2)17(19(29)24-15(18(22)28)10-16(26)27)25-21(31)20(30)23-14-9-5-7-12-6-3-4-8-13(12)14/h3-9,11,15,17H,10H2,1-2H3,(H,23,30)(H,24,29)(H,25,31)(H,26,27). The highest BCUT2D eigenvalue weighted by Gasteiger charge is 2.30. The summed E-state index contributed by atoms with van der Waals surface area (Å²) in [6, 6.07) is 9.87. The lowest BCUT2D eigenvalue weighted by molar-refractivity contribution is -0.140. The first-order chi connectivity index (χ1) is 14.6. The highest BCUT2D eigenvalue weighted by atomic mass is 16.4.